The highest BCUT2D eigenvalue weighted by atomic mass is 35.5. The molecule has 2 N–H and O–H groups in total. The number of nitrogens with zero attached hydrogens (tertiary/aromatic N) is 1. The highest BCUT2D eigenvalue weighted by Gasteiger charge is 2.26. The molecule has 4 heteroatoms. The van der Waals surface area contributed by atoms with Crippen molar-refractivity contribution < 1.29 is 4.74 Å². The summed E-state index contributed by atoms with van der Waals surface area (Å²) < 4.78 is 5.57. The van der Waals surface area contributed by atoms with Gasteiger partial charge in [0.2, 0.25) is 0 Å². The van der Waals surface area contributed by atoms with Gasteiger partial charge < -0.3 is 15.4 Å². The van der Waals surface area contributed by atoms with Gasteiger partial charge in [-0.25, -0.2) is 0 Å². The number of hydrogen-bond acceptors (Lipinski definition) is 3. The number of anilines is 1. The van der Waals surface area contributed by atoms with E-state index in [1.54, 1.807) is 7.11 Å². The average Bonchev–Trinajstić information content (AvgIpc) is 2.41. The summed E-state index contributed by atoms with van der Waals surface area (Å²) in [6.45, 7) is 6.24. The van der Waals surface area contributed by atoms with Crippen LogP contribution in [-0.4, -0.2) is 32.3 Å². The van der Waals surface area contributed by atoms with Gasteiger partial charge in [-0.3, -0.25) is 0 Å². The van der Waals surface area contributed by atoms with Gasteiger partial charge in [0.25, 0.3) is 0 Å². The Hall–Kier alpha value is -0.770. The van der Waals surface area contributed by atoms with Crippen LogP contribution in [-0.2, 0) is 11.2 Å². The monoisotopic (exact) mass is 296 g/mol. The SMILES string of the molecule is COC1CN(c2ccc(CC(C)N)c(Cl)c2)CCC1C. The van der Waals surface area contributed by atoms with Gasteiger partial charge in [0.15, 0.2) is 0 Å². The van der Waals surface area contributed by atoms with Crippen molar-refractivity contribution in [3.63, 3.8) is 0 Å². The second-order valence-electron chi connectivity index (χ2n) is 5.94. The number of benzene rings is 1. The third-order valence-corrected chi connectivity index (χ3v) is 4.49. The van der Waals surface area contributed by atoms with E-state index in [9.17, 15) is 0 Å². The summed E-state index contributed by atoms with van der Waals surface area (Å²) in [4.78, 5) is 2.36. The second-order valence-corrected chi connectivity index (χ2v) is 6.35. The van der Waals surface area contributed by atoms with Crippen molar-refractivity contribution in [3.05, 3.63) is 28.8 Å². The lowest BCUT2D eigenvalue weighted by molar-refractivity contribution is 0.0498. The van der Waals surface area contributed by atoms with Gasteiger partial charge in [-0.2, -0.15) is 0 Å². The zero-order chi connectivity index (χ0) is 14.7. The largest absolute Gasteiger partial charge is 0.379 e. The van der Waals surface area contributed by atoms with Crippen LogP contribution in [0.5, 0.6) is 0 Å². The fourth-order valence-corrected chi connectivity index (χ4v) is 3.07. The lowest BCUT2D eigenvalue weighted by Crippen LogP contribution is -2.43. The smallest absolute Gasteiger partial charge is 0.0772 e. The third-order valence-electron chi connectivity index (χ3n) is 4.14. The maximum absolute atomic E-state index is 6.38. The molecule has 2 rings (SSSR count). The number of methoxy groups -OCH3 is 1. The minimum Gasteiger partial charge on any atom is -0.379 e. The van der Waals surface area contributed by atoms with Gasteiger partial charge in [-0.05, 0) is 43.4 Å². The Kier molecular flexibility index (Phi) is 5.30. The minimum absolute atomic E-state index is 0.132. The van der Waals surface area contributed by atoms with Gasteiger partial charge in [-0.1, -0.05) is 24.6 Å². The topological polar surface area (TPSA) is 38.5 Å². The number of nitrogens with two attached hydrogens (primary N) is 1. The molecule has 20 heavy (non-hydrogen) atoms. The molecule has 0 radical (unpaired) electrons. The van der Waals surface area contributed by atoms with Crippen LogP contribution in [0.2, 0.25) is 5.02 Å². The third kappa shape index (κ3) is 3.66. The number of piperidine rings is 1. The predicted molar refractivity (Wildman–Crippen MR) is 85.6 cm³/mol. The molecule has 1 heterocycles. The lowest BCUT2D eigenvalue weighted by atomic mass is 9.95. The molecule has 1 fully saturated rings. The molecule has 112 valence electrons. The van der Waals surface area contributed by atoms with E-state index >= 15 is 0 Å². The first-order chi connectivity index (χ1) is 9.51. The van der Waals surface area contributed by atoms with E-state index in [-0.39, 0.29) is 6.04 Å². The van der Waals surface area contributed by atoms with Gasteiger partial charge >= 0.3 is 0 Å². The van der Waals surface area contributed by atoms with Gasteiger partial charge in [-0.15, -0.1) is 0 Å². The number of hydrogen-bond donors (Lipinski definition) is 1. The quantitative estimate of drug-likeness (QED) is 0.928. The Morgan fingerprint density at radius 2 is 2.25 bits per heavy atom. The van der Waals surface area contributed by atoms with Crippen molar-refractivity contribution in [1.82, 2.24) is 0 Å². The van der Waals surface area contributed by atoms with E-state index in [1.807, 2.05) is 6.92 Å². The van der Waals surface area contributed by atoms with Gasteiger partial charge in [0.1, 0.15) is 0 Å². The first kappa shape index (κ1) is 15.6. The van der Waals surface area contributed by atoms with Crippen molar-refractivity contribution >= 4 is 17.3 Å². The van der Waals surface area contributed by atoms with E-state index in [1.165, 1.54) is 5.69 Å². The van der Waals surface area contributed by atoms with Crippen LogP contribution >= 0.6 is 11.6 Å². The molecule has 1 aromatic carbocycles. The second kappa shape index (κ2) is 6.79. The summed E-state index contributed by atoms with van der Waals surface area (Å²) in [5.41, 5.74) is 8.14. The molecule has 1 aliphatic heterocycles. The van der Waals surface area contributed by atoms with Crippen molar-refractivity contribution in [3.8, 4) is 0 Å². The molecule has 0 spiro atoms. The molecule has 3 nitrogen and oxygen atoms in total. The molecule has 3 atom stereocenters. The summed E-state index contributed by atoms with van der Waals surface area (Å²) >= 11 is 6.38. The Balaban J connectivity index is 2.11. The molecular weight excluding hydrogens is 272 g/mol. The van der Waals surface area contributed by atoms with Crippen molar-refractivity contribution in [2.45, 2.75) is 38.8 Å². The summed E-state index contributed by atoms with van der Waals surface area (Å²) in [6.07, 6.45) is 2.26. The fraction of sp³-hybridized carbons (Fsp3) is 0.625. The molecule has 0 amide bonds. The summed E-state index contributed by atoms with van der Waals surface area (Å²) in [7, 11) is 1.80. The highest BCUT2D eigenvalue weighted by molar-refractivity contribution is 6.31. The molecule has 0 aromatic heterocycles. The first-order valence-corrected chi connectivity index (χ1v) is 7.70. The standard InChI is InChI=1S/C16H25ClN2O/c1-11-6-7-19(10-16(11)20-3)14-5-4-13(8-12(2)18)15(17)9-14/h4-5,9,11-12,16H,6-8,10,18H2,1-3H3. The lowest BCUT2D eigenvalue weighted by Gasteiger charge is -2.37. The normalized spacial score (nSPS) is 24.8. The van der Waals surface area contributed by atoms with Crippen molar-refractivity contribution in [2.24, 2.45) is 11.7 Å². The summed E-state index contributed by atoms with van der Waals surface area (Å²) in [5, 5.41) is 0.812. The highest BCUT2D eigenvalue weighted by Crippen LogP contribution is 2.28. The Morgan fingerprint density at radius 1 is 1.50 bits per heavy atom. The van der Waals surface area contributed by atoms with E-state index in [2.05, 4.69) is 30.0 Å². The van der Waals surface area contributed by atoms with Crippen molar-refractivity contribution in [1.29, 1.82) is 0 Å². The van der Waals surface area contributed by atoms with Crippen molar-refractivity contribution in [2.75, 3.05) is 25.1 Å². The van der Waals surface area contributed by atoms with Gasteiger partial charge in [0.05, 0.1) is 6.10 Å². The van der Waals surface area contributed by atoms with E-state index in [0.717, 1.165) is 36.5 Å². The van der Waals surface area contributed by atoms with Crippen LogP contribution in [0, 0.1) is 5.92 Å². The molecule has 0 aliphatic carbocycles. The van der Waals surface area contributed by atoms with Crippen LogP contribution in [0.4, 0.5) is 5.69 Å². The molecule has 0 saturated carbocycles. The first-order valence-electron chi connectivity index (χ1n) is 7.33. The summed E-state index contributed by atoms with van der Waals surface area (Å²) in [5.74, 6) is 0.615. The number of halogens is 1. The van der Waals surface area contributed by atoms with Gasteiger partial charge in [0, 0.05) is 37.0 Å². The molecule has 3 unspecified atom stereocenters. The van der Waals surface area contributed by atoms with Crippen LogP contribution < -0.4 is 10.6 Å². The molecule has 0 bridgehead atoms. The Labute approximate surface area is 127 Å². The average molecular weight is 297 g/mol. The molecule has 1 aliphatic rings. The van der Waals surface area contributed by atoms with Crippen LogP contribution in [0.1, 0.15) is 25.8 Å². The molecular formula is C16H25ClN2O. The number of rotatable bonds is 4. The maximum Gasteiger partial charge on any atom is 0.0772 e. The van der Waals surface area contributed by atoms with E-state index < -0.39 is 0 Å². The minimum atomic E-state index is 0.132. The van der Waals surface area contributed by atoms with Crippen LogP contribution in [0.25, 0.3) is 0 Å². The molecule has 1 saturated heterocycles. The zero-order valence-corrected chi connectivity index (χ0v) is 13.4. The maximum atomic E-state index is 6.38. The van der Waals surface area contributed by atoms with E-state index in [4.69, 9.17) is 22.1 Å². The van der Waals surface area contributed by atoms with Crippen LogP contribution in [0.3, 0.4) is 0 Å². The Bertz CT molecular complexity index is 450. The zero-order valence-electron chi connectivity index (χ0n) is 12.6. The molecule has 1 aromatic rings. The fourth-order valence-electron chi connectivity index (χ4n) is 2.82. The summed E-state index contributed by atoms with van der Waals surface area (Å²) in [6, 6.07) is 6.43. The predicted octanol–water partition coefficient (Wildman–Crippen LogP) is 3.09. The Morgan fingerprint density at radius 3 is 2.85 bits per heavy atom. The van der Waals surface area contributed by atoms with E-state index in [0.29, 0.717) is 12.0 Å². The number of ether oxygens (including phenoxy) is 1. The van der Waals surface area contributed by atoms with Crippen LogP contribution in [0.15, 0.2) is 18.2 Å².